The van der Waals surface area contributed by atoms with Gasteiger partial charge in [0.25, 0.3) is 0 Å². The van der Waals surface area contributed by atoms with Crippen molar-refractivity contribution in [1.29, 1.82) is 0 Å². The first-order valence-corrected chi connectivity index (χ1v) is 10.2. The summed E-state index contributed by atoms with van der Waals surface area (Å²) >= 11 is 5.71. The Labute approximate surface area is 180 Å². The third-order valence-electron chi connectivity index (χ3n) is 5.52. The Morgan fingerprint density at radius 3 is 2.71 bits per heavy atom. The van der Waals surface area contributed by atoms with Gasteiger partial charge in [-0.3, -0.25) is 9.53 Å². The standard InChI is InChI=1S/C20H20ClF4N3O3/c21-15-3-1-11(5-16(15)22)17-8-28(10-26-17)13-2-4-18(30-9-13)19(29)27-12-6-14(7-12)31-20(23,24)25/h1,3,5,8,10,12-14,18H,2,4,6-7,9H2,(H,27,29)/t12-,13-,14+,18+/m0/s1. The minimum atomic E-state index is -4.66. The van der Waals surface area contributed by atoms with Crippen molar-refractivity contribution in [3.63, 3.8) is 0 Å². The number of imidazole rings is 1. The zero-order valence-corrected chi connectivity index (χ0v) is 17.0. The number of halogens is 5. The van der Waals surface area contributed by atoms with E-state index in [4.69, 9.17) is 16.3 Å². The number of rotatable bonds is 5. The predicted octanol–water partition coefficient (Wildman–Crippen LogP) is 4.25. The molecule has 2 heterocycles. The van der Waals surface area contributed by atoms with Gasteiger partial charge in [-0.2, -0.15) is 0 Å². The van der Waals surface area contributed by atoms with Crippen molar-refractivity contribution < 1.29 is 31.8 Å². The zero-order chi connectivity index (χ0) is 22.2. The molecule has 1 aliphatic carbocycles. The van der Waals surface area contributed by atoms with Crippen molar-refractivity contribution in [2.45, 2.75) is 56.3 Å². The number of ether oxygens (including phenoxy) is 2. The second kappa shape index (κ2) is 8.76. The van der Waals surface area contributed by atoms with Crippen LogP contribution in [0.5, 0.6) is 0 Å². The fourth-order valence-electron chi connectivity index (χ4n) is 3.78. The average molecular weight is 462 g/mol. The van der Waals surface area contributed by atoms with E-state index in [1.165, 1.54) is 12.1 Å². The Hall–Kier alpha value is -2.17. The molecule has 1 saturated carbocycles. The van der Waals surface area contributed by atoms with E-state index in [1.54, 1.807) is 18.6 Å². The maximum atomic E-state index is 13.7. The molecule has 168 valence electrons. The van der Waals surface area contributed by atoms with E-state index < -0.39 is 24.4 Å². The van der Waals surface area contributed by atoms with Crippen LogP contribution < -0.4 is 5.32 Å². The Kier molecular flexibility index (Phi) is 6.23. The maximum Gasteiger partial charge on any atom is 0.522 e. The van der Waals surface area contributed by atoms with Crippen molar-refractivity contribution >= 4 is 17.5 Å². The second-order valence-corrected chi connectivity index (χ2v) is 8.16. The minimum Gasteiger partial charge on any atom is -0.366 e. The summed E-state index contributed by atoms with van der Waals surface area (Å²) in [5, 5.41) is 2.76. The summed E-state index contributed by atoms with van der Waals surface area (Å²) < 4.78 is 61.6. The molecule has 0 bridgehead atoms. The number of nitrogens with zero attached hydrogens (tertiary/aromatic N) is 2. The lowest BCUT2D eigenvalue weighted by atomic mass is 9.89. The molecular formula is C20H20ClF4N3O3. The number of hydrogen-bond donors (Lipinski definition) is 1. The topological polar surface area (TPSA) is 65.4 Å². The van der Waals surface area contributed by atoms with E-state index >= 15 is 0 Å². The van der Waals surface area contributed by atoms with Crippen LogP contribution in [0.3, 0.4) is 0 Å². The third-order valence-corrected chi connectivity index (χ3v) is 5.83. The van der Waals surface area contributed by atoms with Gasteiger partial charge in [-0.25, -0.2) is 9.37 Å². The van der Waals surface area contributed by atoms with Crippen LogP contribution in [0.1, 0.15) is 31.7 Å². The van der Waals surface area contributed by atoms with E-state index in [2.05, 4.69) is 15.0 Å². The molecule has 1 amide bonds. The number of benzene rings is 1. The number of hydrogen-bond acceptors (Lipinski definition) is 4. The van der Waals surface area contributed by atoms with Gasteiger partial charge in [0.1, 0.15) is 11.9 Å². The molecule has 2 aromatic rings. The molecule has 31 heavy (non-hydrogen) atoms. The number of carbonyl (C=O) groups excluding carboxylic acids is 1. The van der Waals surface area contributed by atoms with Gasteiger partial charge >= 0.3 is 6.36 Å². The molecular weight excluding hydrogens is 442 g/mol. The van der Waals surface area contributed by atoms with Crippen molar-refractivity contribution in [2.24, 2.45) is 0 Å². The van der Waals surface area contributed by atoms with Gasteiger partial charge < -0.3 is 14.6 Å². The fourth-order valence-corrected chi connectivity index (χ4v) is 3.90. The molecule has 0 spiro atoms. The fraction of sp³-hybridized carbons (Fsp3) is 0.500. The van der Waals surface area contributed by atoms with Gasteiger partial charge in [-0.15, -0.1) is 13.2 Å². The number of nitrogens with one attached hydrogen (secondary N) is 1. The molecule has 11 heteroatoms. The molecule has 2 fully saturated rings. The first-order chi connectivity index (χ1) is 14.7. The van der Waals surface area contributed by atoms with E-state index in [1.807, 2.05) is 4.57 Å². The van der Waals surface area contributed by atoms with Crippen molar-refractivity contribution in [3.8, 4) is 11.3 Å². The van der Waals surface area contributed by atoms with Crippen molar-refractivity contribution in [1.82, 2.24) is 14.9 Å². The SMILES string of the molecule is O=C(N[C@H]1C[C@@H](OC(F)(F)F)C1)[C@H]1CC[C@H](n2cnc(-c3ccc(Cl)c(F)c3)c2)CO1. The first-order valence-electron chi connectivity index (χ1n) is 9.83. The summed E-state index contributed by atoms with van der Waals surface area (Å²) in [5.74, 6) is -0.844. The van der Waals surface area contributed by atoms with E-state index in [0.29, 0.717) is 24.1 Å². The van der Waals surface area contributed by atoms with Gasteiger partial charge in [0.05, 0.1) is 35.8 Å². The van der Waals surface area contributed by atoms with Crippen LogP contribution in [0.2, 0.25) is 5.02 Å². The van der Waals surface area contributed by atoms with Crippen LogP contribution in [0.4, 0.5) is 17.6 Å². The smallest absolute Gasteiger partial charge is 0.366 e. The molecule has 1 aromatic heterocycles. The molecule has 2 atom stereocenters. The number of amides is 1. The number of aromatic nitrogens is 2. The van der Waals surface area contributed by atoms with E-state index in [0.717, 1.165) is 0 Å². The molecule has 1 N–H and O–H groups in total. The lowest BCUT2D eigenvalue weighted by molar-refractivity contribution is -0.351. The quantitative estimate of drug-likeness (QED) is 0.676. The largest absolute Gasteiger partial charge is 0.522 e. The Balaban J connectivity index is 1.25. The summed E-state index contributed by atoms with van der Waals surface area (Å²) in [6.07, 6.45) is -1.41. The molecule has 0 radical (unpaired) electrons. The highest BCUT2D eigenvalue weighted by Gasteiger charge is 2.41. The highest BCUT2D eigenvalue weighted by molar-refractivity contribution is 6.30. The highest BCUT2D eigenvalue weighted by atomic mass is 35.5. The molecule has 1 saturated heterocycles. The zero-order valence-electron chi connectivity index (χ0n) is 16.2. The monoisotopic (exact) mass is 461 g/mol. The lowest BCUT2D eigenvalue weighted by Crippen LogP contribution is -2.52. The molecule has 1 aliphatic heterocycles. The van der Waals surface area contributed by atoms with Gasteiger partial charge in [0.2, 0.25) is 5.91 Å². The average Bonchev–Trinajstić information content (AvgIpc) is 3.18. The third kappa shape index (κ3) is 5.36. The van der Waals surface area contributed by atoms with Crippen LogP contribution in [0.15, 0.2) is 30.7 Å². The maximum absolute atomic E-state index is 13.7. The Morgan fingerprint density at radius 1 is 1.29 bits per heavy atom. The number of carbonyl (C=O) groups is 1. The van der Waals surface area contributed by atoms with Gasteiger partial charge in [-0.1, -0.05) is 17.7 Å². The Morgan fingerprint density at radius 2 is 2.06 bits per heavy atom. The summed E-state index contributed by atoms with van der Waals surface area (Å²) in [6.45, 7) is 0.285. The highest BCUT2D eigenvalue weighted by Crippen LogP contribution is 2.31. The molecule has 6 nitrogen and oxygen atoms in total. The van der Waals surface area contributed by atoms with Gasteiger partial charge in [0, 0.05) is 17.8 Å². The summed E-state index contributed by atoms with van der Waals surface area (Å²) in [6, 6.07) is 4.10. The molecule has 0 unspecified atom stereocenters. The van der Waals surface area contributed by atoms with Crippen LogP contribution in [-0.4, -0.2) is 46.7 Å². The molecule has 2 aliphatic rings. The van der Waals surface area contributed by atoms with Crippen LogP contribution in [-0.2, 0) is 14.3 Å². The van der Waals surface area contributed by atoms with Crippen LogP contribution in [0, 0.1) is 5.82 Å². The second-order valence-electron chi connectivity index (χ2n) is 7.75. The van der Waals surface area contributed by atoms with Crippen molar-refractivity contribution in [3.05, 3.63) is 41.6 Å². The lowest BCUT2D eigenvalue weighted by Gasteiger charge is -2.37. The van der Waals surface area contributed by atoms with E-state index in [9.17, 15) is 22.4 Å². The predicted molar refractivity (Wildman–Crippen MR) is 103 cm³/mol. The normalized spacial score (nSPS) is 26.4. The summed E-state index contributed by atoms with van der Waals surface area (Å²) in [4.78, 5) is 16.6. The van der Waals surface area contributed by atoms with Gasteiger partial charge in [0.15, 0.2) is 0 Å². The number of alkyl halides is 3. The van der Waals surface area contributed by atoms with Crippen molar-refractivity contribution in [2.75, 3.05) is 6.61 Å². The van der Waals surface area contributed by atoms with E-state index in [-0.39, 0.29) is 42.5 Å². The van der Waals surface area contributed by atoms with Crippen LogP contribution in [0.25, 0.3) is 11.3 Å². The summed E-state index contributed by atoms with van der Waals surface area (Å²) in [7, 11) is 0. The molecule has 4 rings (SSSR count). The first kappa shape index (κ1) is 22.0. The minimum absolute atomic E-state index is 0.0317. The summed E-state index contributed by atoms with van der Waals surface area (Å²) in [5.41, 5.74) is 1.19. The van der Waals surface area contributed by atoms with Gasteiger partial charge in [-0.05, 0) is 37.8 Å². The van der Waals surface area contributed by atoms with Crippen LogP contribution >= 0.6 is 11.6 Å². The Bertz CT molecular complexity index is 938. The molecule has 1 aromatic carbocycles.